The molecule has 18 heavy (non-hydrogen) atoms. The molecule has 0 amide bonds. The first-order chi connectivity index (χ1) is 8.74. The van der Waals surface area contributed by atoms with Crippen molar-refractivity contribution in [2.75, 3.05) is 0 Å². The Bertz CT molecular complexity index is 621. The number of rotatable bonds is 1. The lowest BCUT2D eigenvalue weighted by Gasteiger charge is -2.23. The van der Waals surface area contributed by atoms with Crippen LogP contribution in [0.5, 0.6) is 5.75 Å². The number of fused-ring (bicyclic) bond motifs is 1. The Balaban J connectivity index is 2.02. The zero-order valence-corrected chi connectivity index (χ0v) is 10.2. The molecular weight excluding hydrogens is 251 g/mol. The van der Waals surface area contributed by atoms with Crippen LogP contribution in [0.25, 0.3) is 5.03 Å². The highest BCUT2D eigenvalue weighted by Gasteiger charge is 2.20. The van der Waals surface area contributed by atoms with Gasteiger partial charge in [-0.2, -0.15) is 0 Å². The van der Waals surface area contributed by atoms with E-state index in [0.29, 0.717) is 5.03 Å². The molecule has 1 atom stereocenters. The lowest BCUT2D eigenvalue weighted by Crippen LogP contribution is -2.10. The number of para-hydroxylation sites is 1. The number of hydrogen-bond acceptors (Lipinski definition) is 1. The molecule has 2 aromatic rings. The maximum atomic E-state index is 13.2. The van der Waals surface area contributed by atoms with Crippen molar-refractivity contribution in [3.05, 3.63) is 71.6 Å². The van der Waals surface area contributed by atoms with Gasteiger partial charge in [-0.25, -0.2) is 4.39 Å². The smallest absolute Gasteiger partial charge is 0.144 e. The zero-order chi connectivity index (χ0) is 12.5. The number of benzene rings is 2. The molecule has 1 unspecified atom stereocenters. The second kappa shape index (κ2) is 4.46. The fourth-order valence-corrected chi connectivity index (χ4v) is 2.28. The molecule has 0 spiro atoms. The first-order valence-corrected chi connectivity index (χ1v) is 6.01. The average Bonchev–Trinajstić information content (AvgIpc) is 2.39. The van der Waals surface area contributed by atoms with Crippen molar-refractivity contribution in [2.24, 2.45) is 0 Å². The van der Waals surface area contributed by atoms with Crippen LogP contribution < -0.4 is 4.74 Å². The van der Waals surface area contributed by atoms with Gasteiger partial charge >= 0.3 is 0 Å². The molecule has 0 bridgehead atoms. The van der Waals surface area contributed by atoms with Crippen LogP contribution in [0, 0.1) is 5.82 Å². The second-order valence-corrected chi connectivity index (χ2v) is 4.51. The van der Waals surface area contributed by atoms with Crippen LogP contribution in [0.2, 0.25) is 0 Å². The third-order valence-electron chi connectivity index (χ3n) is 2.87. The summed E-state index contributed by atoms with van der Waals surface area (Å²) in [6, 6.07) is 13.9. The molecule has 0 fully saturated rings. The van der Waals surface area contributed by atoms with Gasteiger partial charge in [0.2, 0.25) is 0 Å². The number of ether oxygens (including phenoxy) is 1. The second-order valence-electron chi connectivity index (χ2n) is 4.10. The van der Waals surface area contributed by atoms with E-state index in [1.807, 2.05) is 30.3 Å². The van der Waals surface area contributed by atoms with Crippen molar-refractivity contribution in [3.63, 3.8) is 0 Å². The molecule has 0 saturated carbocycles. The first kappa shape index (κ1) is 11.3. The largest absolute Gasteiger partial charge is 0.481 e. The summed E-state index contributed by atoms with van der Waals surface area (Å²) in [5.41, 5.74) is 1.62. The summed E-state index contributed by atoms with van der Waals surface area (Å²) < 4.78 is 19.0. The predicted octanol–water partition coefficient (Wildman–Crippen LogP) is 4.54. The maximum Gasteiger partial charge on any atom is 0.144 e. The molecule has 0 N–H and O–H groups in total. The molecule has 3 rings (SSSR count). The summed E-state index contributed by atoms with van der Waals surface area (Å²) in [5, 5.41) is 0.631. The van der Waals surface area contributed by atoms with Crippen LogP contribution in [0.3, 0.4) is 0 Å². The van der Waals surface area contributed by atoms with Crippen LogP contribution in [-0.4, -0.2) is 0 Å². The predicted molar refractivity (Wildman–Crippen MR) is 70.0 cm³/mol. The van der Waals surface area contributed by atoms with Gasteiger partial charge in [0.25, 0.3) is 0 Å². The highest BCUT2D eigenvalue weighted by molar-refractivity contribution is 6.49. The molecular formula is C15H10ClFO. The SMILES string of the molecule is Fc1cccc(C2C=C(Cl)c3ccccc3O2)c1. The molecule has 3 heteroatoms. The minimum Gasteiger partial charge on any atom is -0.481 e. The van der Waals surface area contributed by atoms with Crippen molar-refractivity contribution in [2.45, 2.75) is 6.10 Å². The summed E-state index contributed by atoms with van der Waals surface area (Å²) in [6.45, 7) is 0. The van der Waals surface area contributed by atoms with Gasteiger partial charge in [-0.3, -0.25) is 0 Å². The van der Waals surface area contributed by atoms with Crippen molar-refractivity contribution in [3.8, 4) is 5.75 Å². The summed E-state index contributed by atoms with van der Waals surface area (Å²) in [5.74, 6) is 0.443. The summed E-state index contributed by atoms with van der Waals surface area (Å²) >= 11 is 6.22. The van der Waals surface area contributed by atoms with Crippen molar-refractivity contribution in [1.82, 2.24) is 0 Å². The number of halogens is 2. The molecule has 0 radical (unpaired) electrons. The normalized spacial score (nSPS) is 17.7. The zero-order valence-electron chi connectivity index (χ0n) is 9.44. The minimum absolute atomic E-state index is 0.278. The Morgan fingerprint density at radius 2 is 1.89 bits per heavy atom. The molecule has 1 nitrogen and oxygen atoms in total. The van der Waals surface area contributed by atoms with E-state index in [-0.39, 0.29) is 11.9 Å². The highest BCUT2D eigenvalue weighted by atomic mass is 35.5. The van der Waals surface area contributed by atoms with Gasteiger partial charge in [-0.1, -0.05) is 35.9 Å². The Labute approximate surface area is 109 Å². The topological polar surface area (TPSA) is 9.23 Å². The van der Waals surface area contributed by atoms with Crippen molar-refractivity contribution >= 4 is 16.6 Å². The molecule has 0 aliphatic carbocycles. The van der Waals surface area contributed by atoms with Crippen LogP contribution in [0.4, 0.5) is 4.39 Å². The van der Waals surface area contributed by atoms with Gasteiger partial charge < -0.3 is 4.74 Å². The lowest BCUT2D eigenvalue weighted by molar-refractivity contribution is 0.251. The lowest BCUT2D eigenvalue weighted by atomic mass is 10.0. The third kappa shape index (κ3) is 2.00. The standard InChI is InChI=1S/C15H10ClFO/c16-13-9-15(10-4-3-5-11(17)8-10)18-14-7-2-1-6-12(13)14/h1-9,15H. The van der Waals surface area contributed by atoms with Crippen LogP contribution in [0.15, 0.2) is 54.6 Å². The Hall–Kier alpha value is -1.80. The van der Waals surface area contributed by atoms with Crippen molar-refractivity contribution in [1.29, 1.82) is 0 Å². The van der Waals surface area contributed by atoms with Gasteiger partial charge in [0, 0.05) is 5.56 Å². The molecule has 0 saturated heterocycles. The molecule has 1 aliphatic heterocycles. The fraction of sp³-hybridized carbons (Fsp3) is 0.0667. The average molecular weight is 261 g/mol. The van der Waals surface area contributed by atoms with Gasteiger partial charge in [0.1, 0.15) is 17.7 Å². The Kier molecular flexibility index (Phi) is 2.80. The highest BCUT2D eigenvalue weighted by Crippen LogP contribution is 2.38. The van der Waals surface area contributed by atoms with Crippen LogP contribution in [0.1, 0.15) is 17.2 Å². The van der Waals surface area contributed by atoms with Crippen LogP contribution >= 0.6 is 11.6 Å². The summed E-state index contributed by atoms with van der Waals surface area (Å²) in [6.07, 6.45) is 1.45. The van der Waals surface area contributed by atoms with Crippen LogP contribution in [-0.2, 0) is 0 Å². The molecule has 1 heterocycles. The summed E-state index contributed by atoms with van der Waals surface area (Å²) in [4.78, 5) is 0. The first-order valence-electron chi connectivity index (χ1n) is 5.63. The quantitative estimate of drug-likeness (QED) is 0.731. The van der Waals surface area contributed by atoms with Gasteiger partial charge in [0.15, 0.2) is 0 Å². The Morgan fingerprint density at radius 1 is 1.06 bits per heavy atom. The van der Waals surface area contributed by atoms with Gasteiger partial charge in [-0.05, 0) is 35.9 Å². The summed E-state index contributed by atoms with van der Waals surface area (Å²) in [7, 11) is 0. The Morgan fingerprint density at radius 3 is 2.72 bits per heavy atom. The maximum absolute atomic E-state index is 13.2. The molecule has 2 aromatic carbocycles. The fourth-order valence-electron chi connectivity index (χ4n) is 2.01. The minimum atomic E-state index is -0.344. The van der Waals surface area contributed by atoms with Crippen molar-refractivity contribution < 1.29 is 9.13 Å². The van der Waals surface area contributed by atoms with E-state index in [0.717, 1.165) is 16.9 Å². The van der Waals surface area contributed by atoms with E-state index < -0.39 is 0 Å². The molecule has 0 aromatic heterocycles. The molecule has 1 aliphatic rings. The van der Waals surface area contributed by atoms with E-state index in [1.54, 1.807) is 12.1 Å². The third-order valence-corrected chi connectivity index (χ3v) is 3.20. The number of hydrogen-bond donors (Lipinski definition) is 0. The van der Waals surface area contributed by atoms with E-state index in [1.165, 1.54) is 12.1 Å². The van der Waals surface area contributed by atoms with E-state index in [4.69, 9.17) is 16.3 Å². The van der Waals surface area contributed by atoms with E-state index >= 15 is 0 Å². The van der Waals surface area contributed by atoms with E-state index in [2.05, 4.69) is 0 Å². The van der Waals surface area contributed by atoms with E-state index in [9.17, 15) is 4.39 Å². The monoisotopic (exact) mass is 260 g/mol. The van der Waals surface area contributed by atoms with Gasteiger partial charge in [0.05, 0.1) is 5.03 Å². The molecule has 90 valence electrons. The van der Waals surface area contributed by atoms with Gasteiger partial charge in [-0.15, -0.1) is 0 Å².